The summed E-state index contributed by atoms with van der Waals surface area (Å²) in [6.45, 7) is 7.35. The first kappa shape index (κ1) is 28.5. The van der Waals surface area contributed by atoms with Gasteiger partial charge in [-0.25, -0.2) is 16.8 Å². The summed E-state index contributed by atoms with van der Waals surface area (Å²) in [6, 6.07) is 6.25. The number of fused-ring (bicyclic) bond motifs is 1. The number of rotatable bonds is 6. The second kappa shape index (κ2) is 10.7. The van der Waals surface area contributed by atoms with E-state index in [1.165, 1.54) is 12.1 Å². The molecule has 0 aromatic heterocycles. The Hall–Kier alpha value is 0.520. The van der Waals surface area contributed by atoms with Gasteiger partial charge >= 0.3 is 59.1 Å². The standard InChI is InChI=1S/C18H24O6S2.2Na/c1-5-11(3)15-13-9-7-8-10-14(13)17(25(19,20)21)18(26(22,23)24)16(15)12(4)6-2;;/h7-12H,5-6H2,1-4H3,(H,19,20,21)(H,22,23,24);;/q;2*+1/p-2. The van der Waals surface area contributed by atoms with E-state index in [1.807, 2.05) is 20.8 Å². The predicted octanol–water partition coefficient (Wildman–Crippen LogP) is -2.32. The fourth-order valence-electron chi connectivity index (χ4n) is 3.35. The van der Waals surface area contributed by atoms with Crippen molar-refractivity contribution in [2.45, 2.75) is 62.2 Å². The summed E-state index contributed by atoms with van der Waals surface area (Å²) in [5, 5.41) is 0.484. The molecule has 0 heterocycles. The Kier molecular flexibility index (Phi) is 10.9. The predicted molar refractivity (Wildman–Crippen MR) is 97.3 cm³/mol. The molecule has 0 saturated heterocycles. The van der Waals surface area contributed by atoms with Gasteiger partial charge in [0.15, 0.2) is 0 Å². The van der Waals surface area contributed by atoms with Crippen LogP contribution < -0.4 is 59.1 Å². The second-order valence-electron chi connectivity index (χ2n) is 6.56. The molecule has 0 aliphatic heterocycles. The molecule has 0 amide bonds. The Morgan fingerprint density at radius 1 is 0.750 bits per heavy atom. The Labute approximate surface area is 211 Å². The summed E-state index contributed by atoms with van der Waals surface area (Å²) in [7, 11) is -10.4. The Morgan fingerprint density at radius 3 is 1.54 bits per heavy atom. The normalized spacial score (nSPS) is 14.1. The van der Waals surface area contributed by atoms with Gasteiger partial charge in [0.05, 0.1) is 9.79 Å². The van der Waals surface area contributed by atoms with Crippen molar-refractivity contribution in [3.05, 3.63) is 35.4 Å². The summed E-state index contributed by atoms with van der Waals surface area (Å²) in [6.07, 6.45) is 1.15. The molecule has 0 radical (unpaired) electrons. The summed E-state index contributed by atoms with van der Waals surface area (Å²) < 4.78 is 72.2. The van der Waals surface area contributed by atoms with Crippen LogP contribution in [0.2, 0.25) is 0 Å². The van der Waals surface area contributed by atoms with Gasteiger partial charge in [0.1, 0.15) is 20.2 Å². The molecule has 0 fully saturated rings. The van der Waals surface area contributed by atoms with Crippen LogP contribution in [0.25, 0.3) is 10.8 Å². The average molecular weight is 444 g/mol. The van der Waals surface area contributed by atoms with Crippen LogP contribution in [0.15, 0.2) is 34.1 Å². The summed E-state index contributed by atoms with van der Waals surface area (Å²) >= 11 is 0. The molecule has 0 N–H and O–H groups in total. The fourth-order valence-corrected chi connectivity index (χ4v) is 5.67. The van der Waals surface area contributed by atoms with Crippen LogP contribution in [0.1, 0.15) is 63.5 Å². The molecule has 28 heavy (non-hydrogen) atoms. The van der Waals surface area contributed by atoms with Gasteiger partial charge < -0.3 is 9.11 Å². The van der Waals surface area contributed by atoms with Crippen LogP contribution in [0.3, 0.4) is 0 Å². The molecule has 10 heteroatoms. The topological polar surface area (TPSA) is 114 Å². The van der Waals surface area contributed by atoms with Crippen molar-refractivity contribution in [1.82, 2.24) is 0 Å². The van der Waals surface area contributed by atoms with Crippen LogP contribution in [0.4, 0.5) is 0 Å². The second-order valence-corrected chi connectivity index (χ2v) is 9.19. The molecule has 2 aromatic carbocycles. The van der Waals surface area contributed by atoms with E-state index in [0.717, 1.165) is 0 Å². The van der Waals surface area contributed by atoms with Crippen molar-refractivity contribution in [3.63, 3.8) is 0 Å². The van der Waals surface area contributed by atoms with Crippen molar-refractivity contribution in [3.8, 4) is 0 Å². The van der Waals surface area contributed by atoms with E-state index in [2.05, 4.69) is 0 Å². The molecular weight excluding hydrogens is 422 g/mol. The largest absolute Gasteiger partial charge is 1.00 e. The van der Waals surface area contributed by atoms with E-state index >= 15 is 0 Å². The van der Waals surface area contributed by atoms with Gasteiger partial charge in [-0.1, -0.05) is 52.0 Å². The maximum Gasteiger partial charge on any atom is 1.00 e. The van der Waals surface area contributed by atoms with Crippen LogP contribution in [0.5, 0.6) is 0 Å². The van der Waals surface area contributed by atoms with E-state index in [0.29, 0.717) is 23.8 Å². The summed E-state index contributed by atoms with van der Waals surface area (Å²) in [4.78, 5) is -1.80. The quantitative estimate of drug-likeness (QED) is 0.365. The molecular formula is C18H22Na2O6S2. The Morgan fingerprint density at radius 2 is 1.14 bits per heavy atom. The van der Waals surface area contributed by atoms with Crippen molar-refractivity contribution in [2.24, 2.45) is 0 Å². The third kappa shape index (κ3) is 5.60. The zero-order valence-electron chi connectivity index (χ0n) is 17.1. The first-order valence-electron chi connectivity index (χ1n) is 8.45. The SMILES string of the molecule is CCC(C)c1c(S(=O)(=O)[O-])c(S(=O)(=O)[O-])c2ccccc2c1C(C)CC.[Na+].[Na+]. The first-order valence-corrected chi connectivity index (χ1v) is 11.3. The maximum absolute atomic E-state index is 12.1. The van der Waals surface area contributed by atoms with E-state index < -0.39 is 35.9 Å². The number of hydrogen-bond acceptors (Lipinski definition) is 6. The molecule has 2 atom stereocenters. The maximum atomic E-state index is 12.1. The van der Waals surface area contributed by atoms with Crippen molar-refractivity contribution >= 4 is 31.0 Å². The van der Waals surface area contributed by atoms with Crippen LogP contribution in [-0.4, -0.2) is 25.9 Å². The zero-order valence-corrected chi connectivity index (χ0v) is 22.8. The van der Waals surface area contributed by atoms with Gasteiger partial charge in [-0.2, -0.15) is 0 Å². The van der Waals surface area contributed by atoms with Gasteiger partial charge in [-0.3, -0.25) is 0 Å². The van der Waals surface area contributed by atoms with E-state index in [1.54, 1.807) is 19.1 Å². The van der Waals surface area contributed by atoms with E-state index in [9.17, 15) is 25.9 Å². The van der Waals surface area contributed by atoms with E-state index in [-0.39, 0.29) is 76.0 Å². The molecule has 0 saturated carbocycles. The molecule has 0 spiro atoms. The van der Waals surface area contributed by atoms with Crippen LogP contribution >= 0.6 is 0 Å². The van der Waals surface area contributed by atoms with Gasteiger partial charge in [0, 0.05) is 5.39 Å². The smallest absolute Gasteiger partial charge is 0.744 e. The Bertz CT molecular complexity index is 1050. The van der Waals surface area contributed by atoms with Gasteiger partial charge in [0.25, 0.3) is 0 Å². The molecule has 0 aliphatic carbocycles. The molecule has 0 aliphatic rings. The van der Waals surface area contributed by atoms with Crippen molar-refractivity contribution < 1.29 is 85.1 Å². The number of benzene rings is 2. The minimum atomic E-state index is -5.19. The molecule has 144 valence electrons. The Balaban J connectivity index is 0.00000364. The average Bonchev–Trinajstić information content (AvgIpc) is 2.56. The molecule has 6 nitrogen and oxygen atoms in total. The van der Waals surface area contributed by atoms with E-state index in [4.69, 9.17) is 0 Å². The summed E-state index contributed by atoms with van der Waals surface area (Å²) in [5.41, 5.74) is 0.782. The molecule has 2 unspecified atom stereocenters. The zero-order chi connectivity index (χ0) is 19.9. The van der Waals surface area contributed by atoms with Gasteiger partial charge in [-0.15, -0.1) is 0 Å². The minimum absolute atomic E-state index is 0. The third-order valence-corrected chi connectivity index (χ3v) is 6.89. The van der Waals surface area contributed by atoms with Crippen molar-refractivity contribution in [1.29, 1.82) is 0 Å². The van der Waals surface area contributed by atoms with Gasteiger partial charge in [0.2, 0.25) is 0 Å². The van der Waals surface area contributed by atoms with Crippen LogP contribution in [0, 0.1) is 0 Å². The number of hydrogen-bond donors (Lipinski definition) is 0. The minimum Gasteiger partial charge on any atom is -0.744 e. The first-order chi connectivity index (χ1) is 11.9. The molecule has 0 bridgehead atoms. The molecule has 2 aromatic rings. The molecule has 2 rings (SSSR count). The summed E-state index contributed by atoms with van der Waals surface area (Å²) in [5.74, 6) is -0.518. The van der Waals surface area contributed by atoms with Gasteiger partial charge in [-0.05, 0) is 41.2 Å². The fraction of sp³-hybridized carbons (Fsp3) is 0.444. The van der Waals surface area contributed by atoms with Crippen LogP contribution in [-0.2, 0) is 20.2 Å². The van der Waals surface area contributed by atoms with Crippen molar-refractivity contribution in [2.75, 3.05) is 0 Å². The monoisotopic (exact) mass is 444 g/mol. The third-order valence-electron chi connectivity index (χ3n) is 4.91.